The second kappa shape index (κ2) is 8.67. The Morgan fingerprint density at radius 1 is 1.12 bits per heavy atom. The zero-order chi connectivity index (χ0) is 18.4. The quantitative estimate of drug-likeness (QED) is 0.796. The molecule has 1 N–H and O–H groups in total. The lowest BCUT2D eigenvalue weighted by Gasteiger charge is -2.19. The van der Waals surface area contributed by atoms with Gasteiger partial charge in [0.2, 0.25) is 0 Å². The molecule has 0 aliphatic carbocycles. The molecule has 134 valence electrons. The van der Waals surface area contributed by atoms with Crippen LogP contribution in [0, 0.1) is 6.92 Å². The third kappa shape index (κ3) is 5.33. The summed E-state index contributed by atoms with van der Waals surface area (Å²) in [7, 11) is 1.65. The van der Waals surface area contributed by atoms with E-state index in [1.807, 2.05) is 37.3 Å². The molecule has 0 saturated carbocycles. The molecule has 0 radical (unpaired) electrons. The molecule has 0 aliphatic rings. The fraction of sp³-hybridized carbons (Fsp3) is 0.381. The van der Waals surface area contributed by atoms with Crippen LogP contribution >= 0.6 is 0 Å². The van der Waals surface area contributed by atoms with Crippen LogP contribution in [0.15, 0.2) is 42.5 Å². The number of ether oxygens (including phenoxy) is 2. The molecule has 0 unspecified atom stereocenters. The van der Waals surface area contributed by atoms with Gasteiger partial charge in [0.15, 0.2) is 6.10 Å². The number of nitrogens with one attached hydrogen (secondary N) is 1. The van der Waals surface area contributed by atoms with E-state index in [2.05, 4.69) is 31.3 Å². The summed E-state index contributed by atoms with van der Waals surface area (Å²) < 4.78 is 11.1. The summed E-state index contributed by atoms with van der Waals surface area (Å²) in [4.78, 5) is 12.5. The van der Waals surface area contributed by atoms with Gasteiger partial charge < -0.3 is 14.8 Å². The van der Waals surface area contributed by atoms with Crippen LogP contribution in [0.5, 0.6) is 5.75 Å². The summed E-state index contributed by atoms with van der Waals surface area (Å²) >= 11 is 0. The normalized spacial score (nSPS) is 12.1. The first kappa shape index (κ1) is 19.0. The SMILES string of the molecule is COCc1cccc(NC(=O)[C@H](C)Oc2cc(C)ccc2C(C)C)c1. The Labute approximate surface area is 150 Å². The first-order chi connectivity index (χ1) is 11.9. The third-order valence-electron chi connectivity index (χ3n) is 3.97. The number of hydrogen-bond acceptors (Lipinski definition) is 3. The Balaban J connectivity index is 2.08. The molecule has 0 aromatic heterocycles. The van der Waals surface area contributed by atoms with E-state index >= 15 is 0 Å². The minimum absolute atomic E-state index is 0.175. The summed E-state index contributed by atoms with van der Waals surface area (Å²) in [5.74, 6) is 0.924. The summed E-state index contributed by atoms with van der Waals surface area (Å²) in [6.45, 7) is 8.52. The predicted octanol–water partition coefficient (Wildman–Crippen LogP) is 4.67. The van der Waals surface area contributed by atoms with Gasteiger partial charge in [-0.3, -0.25) is 4.79 Å². The predicted molar refractivity (Wildman–Crippen MR) is 101 cm³/mol. The average molecular weight is 341 g/mol. The van der Waals surface area contributed by atoms with Gasteiger partial charge in [0.25, 0.3) is 5.91 Å². The average Bonchev–Trinajstić information content (AvgIpc) is 2.55. The molecule has 2 aromatic rings. The van der Waals surface area contributed by atoms with E-state index in [0.717, 1.165) is 28.1 Å². The molecule has 0 aliphatic heterocycles. The number of rotatable bonds is 7. The van der Waals surface area contributed by atoms with E-state index in [1.54, 1.807) is 14.0 Å². The highest BCUT2D eigenvalue weighted by molar-refractivity contribution is 5.94. The second-order valence-electron chi connectivity index (χ2n) is 6.58. The number of amides is 1. The van der Waals surface area contributed by atoms with Gasteiger partial charge in [-0.1, -0.05) is 38.1 Å². The van der Waals surface area contributed by atoms with Gasteiger partial charge in [-0.05, 0) is 54.7 Å². The number of aryl methyl sites for hydroxylation is 1. The first-order valence-electron chi connectivity index (χ1n) is 8.56. The highest BCUT2D eigenvalue weighted by atomic mass is 16.5. The molecule has 2 rings (SSSR count). The molecule has 4 heteroatoms. The van der Waals surface area contributed by atoms with Crippen LogP contribution in [0.1, 0.15) is 43.4 Å². The van der Waals surface area contributed by atoms with E-state index in [4.69, 9.17) is 9.47 Å². The van der Waals surface area contributed by atoms with Crippen molar-refractivity contribution in [1.29, 1.82) is 0 Å². The van der Waals surface area contributed by atoms with E-state index < -0.39 is 6.10 Å². The summed E-state index contributed by atoms with van der Waals surface area (Å²) in [5, 5.41) is 2.90. The summed E-state index contributed by atoms with van der Waals surface area (Å²) in [6.07, 6.45) is -0.592. The highest BCUT2D eigenvalue weighted by Gasteiger charge is 2.18. The monoisotopic (exact) mass is 341 g/mol. The van der Waals surface area contributed by atoms with Gasteiger partial charge in [-0.15, -0.1) is 0 Å². The van der Waals surface area contributed by atoms with Crippen molar-refractivity contribution >= 4 is 11.6 Å². The first-order valence-corrected chi connectivity index (χ1v) is 8.56. The zero-order valence-electron chi connectivity index (χ0n) is 15.6. The van der Waals surface area contributed by atoms with Crippen molar-refractivity contribution < 1.29 is 14.3 Å². The molecule has 4 nitrogen and oxygen atoms in total. The minimum Gasteiger partial charge on any atom is -0.481 e. The fourth-order valence-corrected chi connectivity index (χ4v) is 2.61. The lowest BCUT2D eigenvalue weighted by Crippen LogP contribution is -2.30. The zero-order valence-corrected chi connectivity index (χ0v) is 15.6. The van der Waals surface area contributed by atoms with E-state index in [0.29, 0.717) is 12.5 Å². The lowest BCUT2D eigenvalue weighted by molar-refractivity contribution is -0.122. The Morgan fingerprint density at radius 2 is 1.88 bits per heavy atom. The molecule has 1 atom stereocenters. The fourth-order valence-electron chi connectivity index (χ4n) is 2.61. The number of hydrogen-bond donors (Lipinski definition) is 1. The summed E-state index contributed by atoms with van der Waals surface area (Å²) in [6, 6.07) is 13.7. The largest absolute Gasteiger partial charge is 0.481 e. The van der Waals surface area contributed by atoms with Crippen molar-refractivity contribution in [3.8, 4) is 5.75 Å². The van der Waals surface area contributed by atoms with Gasteiger partial charge in [0.1, 0.15) is 5.75 Å². The van der Waals surface area contributed by atoms with Gasteiger partial charge in [0.05, 0.1) is 6.61 Å². The van der Waals surface area contributed by atoms with Gasteiger partial charge in [0, 0.05) is 12.8 Å². The molecule has 0 heterocycles. The van der Waals surface area contributed by atoms with E-state index in [1.165, 1.54) is 0 Å². The van der Waals surface area contributed by atoms with E-state index in [-0.39, 0.29) is 5.91 Å². The smallest absolute Gasteiger partial charge is 0.265 e. The molecular formula is C21H27NO3. The maximum absolute atomic E-state index is 12.5. The van der Waals surface area contributed by atoms with Crippen molar-refractivity contribution in [1.82, 2.24) is 0 Å². The topological polar surface area (TPSA) is 47.6 Å². The van der Waals surface area contributed by atoms with Crippen LogP contribution in [0.3, 0.4) is 0 Å². The van der Waals surface area contributed by atoms with Crippen LogP contribution in [-0.4, -0.2) is 19.1 Å². The minimum atomic E-state index is -0.592. The van der Waals surface area contributed by atoms with Gasteiger partial charge in [-0.25, -0.2) is 0 Å². The molecule has 0 fully saturated rings. The van der Waals surface area contributed by atoms with Crippen molar-refractivity contribution in [3.63, 3.8) is 0 Å². The van der Waals surface area contributed by atoms with Gasteiger partial charge >= 0.3 is 0 Å². The Hall–Kier alpha value is -2.33. The molecule has 25 heavy (non-hydrogen) atoms. The standard InChI is InChI=1S/C21H27NO3/c1-14(2)19-10-9-15(3)11-20(19)25-16(4)21(23)22-18-8-6-7-17(12-18)13-24-5/h6-12,14,16H,13H2,1-5H3,(H,22,23)/t16-/m0/s1. The number of methoxy groups -OCH3 is 1. The maximum atomic E-state index is 12.5. The maximum Gasteiger partial charge on any atom is 0.265 e. The Kier molecular flexibility index (Phi) is 6.59. The molecule has 0 spiro atoms. The van der Waals surface area contributed by atoms with Crippen molar-refractivity contribution in [3.05, 3.63) is 59.2 Å². The number of carbonyl (C=O) groups excluding carboxylic acids is 1. The number of carbonyl (C=O) groups is 1. The van der Waals surface area contributed by atoms with Crippen molar-refractivity contribution in [2.24, 2.45) is 0 Å². The number of benzene rings is 2. The van der Waals surface area contributed by atoms with Gasteiger partial charge in [-0.2, -0.15) is 0 Å². The third-order valence-corrected chi connectivity index (χ3v) is 3.97. The van der Waals surface area contributed by atoms with E-state index in [9.17, 15) is 4.79 Å². The van der Waals surface area contributed by atoms with Crippen molar-refractivity contribution in [2.75, 3.05) is 12.4 Å². The molecular weight excluding hydrogens is 314 g/mol. The second-order valence-corrected chi connectivity index (χ2v) is 6.58. The van der Waals surface area contributed by atoms with Crippen LogP contribution in [-0.2, 0) is 16.1 Å². The van der Waals surface area contributed by atoms with Crippen LogP contribution in [0.25, 0.3) is 0 Å². The molecule has 2 aromatic carbocycles. The Bertz CT molecular complexity index is 725. The lowest BCUT2D eigenvalue weighted by atomic mass is 10.0. The molecule has 0 bridgehead atoms. The number of anilines is 1. The van der Waals surface area contributed by atoms with Crippen LogP contribution in [0.2, 0.25) is 0 Å². The van der Waals surface area contributed by atoms with Crippen molar-refractivity contribution in [2.45, 2.75) is 46.3 Å². The molecule has 0 saturated heterocycles. The summed E-state index contributed by atoms with van der Waals surface area (Å²) in [5.41, 5.74) is 3.96. The molecule has 1 amide bonds. The van der Waals surface area contributed by atoms with Crippen LogP contribution in [0.4, 0.5) is 5.69 Å². The van der Waals surface area contributed by atoms with Crippen LogP contribution < -0.4 is 10.1 Å². The Morgan fingerprint density at radius 3 is 2.56 bits per heavy atom. The highest BCUT2D eigenvalue weighted by Crippen LogP contribution is 2.28.